The summed E-state index contributed by atoms with van der Waals surface area (Å²) < 4.78 is 0. The zero-order chi connectivity index (χ0) is 21.2. The van der Waals surface area contributed by atoms with E-state index in [1.54, 1.807) is 11.8 Å². The number of ketones is 1. The Morgan fingerprint density at radius 1 is 0.933 bits per heavy atom. The number of Topliss-reactive ketones (excluding diaryl/α,β-unsaturated/α-hetero) is 1. The van der Waals surface area contributed by atoms with Gasteiger partial charge in [0.25, 0.3) is 0 Å². The minimum absolute atomic E-state index is 0.0758. The van der Waals surface area contributed by atoms with Gasteiger partial charge in [-0.3, -0.25) is 9.59 Å². The van der Waals surface area contributed by atoms with Crippen molar-refractivity contribution >= 4 is 29.1 Å². The molecular weight excluding hydrogens is 390 g/mol. The van der Waals surface area contributed by atoms with E-state index in [2.05, 4.69) is 24.4 Å². The molecule has 1 amide bonds. The van der Waals surface area contributed by atoms with E-state index in [1.807, 2.05) is 36.4 Å². The van der Waals surface area contributed by atoms with Gasteiger partial charge in [0.1, 0.15) is 5.92 Å². The Morgan fingerprint density at radius 2 is 1.60 bits per heavy atom. The summed E-state index contributed by atoms with van der Waals surface area (Å²) in [6, 6.07) is 15.6. The van der Waals surface area contributed by atoms with Crippen molar-refractivity contribution in [2.75, 3.05) is 11.1 Å². The van der Waals surface area contributed by atoms with Crippen LogP contribution in [0.2, 0.25) is 0 Å². The number of thioether (sulfide) groups is 1. The molecule has 0 fully saturated rings. The first-order valence-electron chi connectivity index (χ1n) is 11.3. The van der Waals surface area contributed by atoms with Crippen LogP contribution in [-0.4, -0.2) is 17.4 Å². The van der Waals surface area contributed by atoms with Crippen LogP contribution in [0.4, 0.5) is 5.69 Å². The van der Waals surface area contributed by atoms with Gasteiger partial charge >= 0.3 is 0 Å². The summed E-state index contributed by atoms with van der Waals surface area (Å²) in [4.78, 5) is 26.3. The van der Waals surface area contributed by atoms with Gasteiger partial charge in [-0.25, -0.2) is 0 Å². The van der Waals surface area contributed by atoms with E-state index in [0.717, 1.165) is 17.0 Å². The molecular formula is C26H33NO2S. The highest BCUT2D eigenvalue weighted by molar-refractivity contribution is 7.99. The number of benzene rings is 2. The Bertz CT molecular complexity index is 831. The maximum Gasteiger partial charge on any atom is 0.236 e. The summed E-state index contributed by atoms with van der Waals surface area (Å²) in [6.07, 6.45) is 11.7. The zero-order valence-electron chi connectivity index (χ0n) is 18.0. The van der Waals surface area contributed by atoms with Crippen LogP contribution in [0.15, 0.2) is 53.4 Å². The van der Waals surface area contributed by atoms with Crippen LogP contribution in [0.3, 0.4) is 0 Å². The molecule has 1 N–H and O–H groups in total. The predicted molar refractivity (Wildman–Crippen MR) is 126 cm³/mol. The Kier molecular flexibility index (Phi) is 9.00. The number of aryl methyl sites for hydroxylation is 1. The lowest BCUT2D eigenvalue weighted by atomic mass is 9.97. The lowest BCUT2D eigenvalue weighted by molar-refractivity contribution is -0.118. The number of carbonyl (C=O) groups is 2. The van der Waals surface area contributed by atoms with Crippen molar-refractivity contribution in [3.8, 4) is 0 Å². The number of rotatable bonds is 11. The summed E-state index contributed by atoms with van der Waals surface area (Å²) in [5.74, 6) is -0.411. The summed E-state index contributed by atoms with van der Waals surface area (Å²) in [6.45, 7) is 2.25. The molecule has 0 bridgehead atoms. The molecule has 0 spiro atoms. The van der Waals surface area contributed by atoms with Gasteiger partial charge in [-0.05, 0) is 36.6 Å². The largest absolute Gasteiger partial charge is 0.325 e. The molecule has 0 aromatic heterocycles. The molecule has 1 atom stereocenters. The fraction of sp³-hybridized carbons (Fsp3) is 0.462. The Balaban J connectivity index is 1.41. The lowest BCUT2D eigenvalue weighted by Crippen LogP contribution is -2.34. The Morgan fingerprint density at radius 3 is 2.33 bits per heavy atom. The number of carbonyl (C=O) groups excluding carboxylic acids is 2. The molecule has 160 valence electrons. The summed E-state index contributed by atoms with van der Waals surface area (Å²) in [5, 5.41) is 2.93. The van der Waals surface area contributed by atoms with Crippen LogP contribution in [0.25, 0.3) is 0 Å². The molecule has 0 saturated carbocycles. The average molecular weight is 424 g/mol. The van der Waals surface area contributed by atoms with Crippen LogP contribution < -0.4 is 5.32 Å². The third kappa shape index (κ3) is 6.46. The van der Waals surface area contributed by atoms with E-state index in [0.29, 0.717) is 11.3 Å². The molecule has 2 aromatic rings. The first kappa shape index (κ1) is 22.6. The molecule has 0 aliphatic carbocycles. The molecule has 0 radical (unpaired) electrons. The second-order valence-electron chi connectivity index (χ2n) is 8.14. The molecule has 0 saturated heterocycles. The smallest absolute Gasteiger partial charge is 0.236 e. The first-order chi connectivity index (χ1) is 14.7. The number of hydrogen-bond acceptors (Lipinski definition) is 3. The van der Waals surface area contributed by atoms with Crippen molar-refractivity contribution in [2.24, 2.45) is 5.92 Å². The van der Waals surface area contributed by atoms with Crippen LogP contribution in [-0.2, 0) is 11.2 Å². The maximum absolute atomic E-state index is 12.7. The van der Waals surface area contributed by atoms with Crippen molar-refractivity contribution in [3.63, 3.8) is 0 Å². The fourth-order valence-corrected chi connectivity index (χ4v) is 5.02. The summed E-state index contributed by atoms with van der Waals surface area (Å²) >= 11 is 1.58. The number of unbranched alkanes of at least 4 members (excludes halogenated alkanes) is 7. The minimum Gasteiger partial charge on any atom is -0.325 e. The molecule has 4 heteroatoms. The molecule has 2 aromatic carbocycles. The number of nitrogens with one attached hydrogen (secondary N) is 1. The van der Waals surface area contributed by atoms with Crippen LogP contribution in [0.5, 0.6) is 0 Å². The quantitative estimate of drug-likeness (QED) is 0.315. The fourth-order valence-electron chi connectivity index (χ4n) is 3.87. The van der Waals surface area contributed by atoms with E-state index in [4.69, 9.17) is 0 Å². The van der Waals surface area contributed by atoms with Gasteiger partial charge in [-0.15, -0.1) is 11.8 Å². The zero-order valence-corrected chi connectivity index (χ0v) is 18.8. The standard InChI is InChI=1S/C26H33NO2S/c1-2-3-4-5-6-7-8-9-12-20-15-17-21(18-16-20)27-26(29)23-19-30-24-14-11-10-13-22(24)25(23)28/h10-11,13-18,23H,2-9,12,19H2,1H3,(H,27,29). The number of hydrogen-bond donors (Lipinski definition) is 1. The number of amides is 1. The van der Waals surface area contributed by atoms with E-state index >= 15 is 0 Å². The van der Waals surface area contributed by atoms with E-state index in [9.17, 15) is 9.59 Å². The van der Waals surface area contributed by atoms with Gasteiger partial charge in [0.05, 0.1) is 0 Å². The highest BCUT2D eigenvalue weighted by Crippen LogP contribution is 2.33. The third-order valence-electron chi connectivity index (χ3n) is 5.73. The second kappa shape index (κ2) is 11.9. The van der Waals surface area contributed by atoms with Gasteiger partial charge in [0.2, 0.25) is 5.91 Å². The SMILES string of the molecule is CCCCCCCCCCc1ccc(NC(=O)C2CSc3ccccc3C2=O)cc1. The van der Waals surface area contributed by atoms with Gasteiger partial charge in [0, 0.05) is 21.9 Å². The van der Waals surface area contributed by atoms with Crippen molar-refractivity contribution in [2.45, 2.75) is 69.6 Å². The lowest BCUT2D eigenvalue weighted by Gasteiger charge is -2.22. The summed E-state index contributed by atoms with van der Waals surface area (Å²) in [5.41, 5.74) is 2.73. The highest BCUT2D eigenvalue weighted by atomic mass is 32.2. The van der Waals surface area contributed by atoms with E-state index < -0.39 is 5.92 Å². The normalized spacial score (nSPS) is 15.6. The number of anilines is 1. The predicted octanol–water partition coefficient (Wildman–Crippen LogP) is 6.91. The molecule has 1 aliphatic rings. The van der Waals surface area contributed by atoms with Crippen molar-refractivity contribution in [1.82, 2.24) is 0 Å². The minimum atomic E-state index is -0.623. The van der Waals surface area contributed by atoms with Gasteiger partial charge in [-0.1, -0.05) is 82.2 Å². The molecule has 3 rings (SSSR count). The Labute approximate surface area is 185 Å². The number of fused-ring (bicyclic) bond motifs is 1. The first-order valence-corrected chi connectivity index (χ1v) is 12.3. The molecule has 1 heterocycles. The summed E-state index contributed by atoms with van der Waals surface area (Å²) in [7, 11) is 0. The van der Waals surface area contributed by atoms with Gasteiger partial charge < -0.3 is 5.32 Å². The maximum atomic E-state index is 12.7. The Hall–Kier alpha value is -2.07. The topological polar surface area (TPSA) is 46.2 Å². The van der Waals surface area contributed by atoms with Gasteiger partial charge in [0.15, 0.2) is 5.78 Å². The van der Waals surface area contributed by atoms with Crippen molar-refractivity contribution < 1.29 is 9.59 Å². The highest BCUT2D eigenvalue weighted by Gasteiger charge is 2.33. The van der Waals surface area contributed by atoms with Crippen LogP contribution in [0, 0.1) is 5.92 Å². The van der Waals surface area contributed by atoms with Crippen molar-refractivity contribution in [3.05, 3.63) is 59.7 Å². The molecule has 30 heavy (non-hydrogen) atoms. The molecule has 1 aliphatic heterocycles. The molecule has 3 nitrogen and oxygen atoms in total. The molecule has 1 unspecified atom stereocenters. The van der Waals surface area contributed by atoms with Crippen LogP contribution >= 0.6 is 11.8 Å². The average Bonchev–Trinajstić information content (AvgIpc) is 2.77. The second-order valence-corrected chi connectivity index (χ2v) is 9.20. The van der Waals surface area contributed by atoms with E-state index in [-0.39, 0.29) is 11.7 Å². The third-order valence-corrected chi connectivity index (χ3v) is 6.90. The van der Waals surface area contributed by atoms with Crippen LogP contribution in [0.1, 0.15) is 74.2 Å². The van der Waals surface area contributed by atoms with Gasteiger partial charge in [-0.2, -0.15) is 0 Å². The van der Waals surface area contributed by atoms with Crippen molar-refractivity contribution in [1.29, 1.82) is 0 Å². The van der Waals surface area contributed by atoms with E-state index in [1.165, 1.54) is 56.9 Å². The monoisotopic (exact) mass is 423 g/mol.